The molecular weight excluding hydrogens is 366 g/mol. The number of anilines is 2. The van der Waals surface area contributed by atoms with Crippen molar-refractivity contribution in [2.24, 2.45) is 0 Å². The average molecular weight is 389 g/mol. The predicted octanol–water partition coefficient (Wildman–Crippen LogP) is 3.51. The molecule has 7 nitrogen and oxygen atoms in total. The van der Waals surface area contributed by atoms with Crippen LogP contribution in [0.5, 0.6) is 0 Å². The molecule has 7 heteroatoms. The molecule has 1 aromatic carbocycles. The van der Waals surface area contributed by atoms with Crippen molar-refractivity contribution in [2.45, 2.75) is 51.6 Å². The number of nitrogens with zero attached hydrogens (tertiary/aromatic N) is 3. The minimum absolute atomic E-state index is 0.156. The Kier molecular flexibility index (Phi) is 3.94. The van der Waals surface area contributed by atoms with E-state index in [-0.39, 0.29) is 11.5 Å². The number of amides is 1. The van der Waals surface area contributed by atoms with Crippen LogP contribution in [-0.4, -0.2) is 20.4 Å². The molecule has 0 unspecified atom stereocenters. The van der Waals surface area contributed by atoms with E-state index in [1.54, 1.807) is 10.6 Å². The second-order valence-corrected chi connectivity index (χ2v) is 8.09. The molecule has 2 aliphatic rings. The molecule has 5 rings (SSSR count). The van der Waals surface area contributed by atoms with Crippen LogP contribution in [0, 0.1) is 13.8 Å². The molecule has 0 atom stereocenters. The fourth-order valence-corrected chi connectivity index (χ4v) is 4.84. The lowest BCUT2D eigenvalue weighted by atomic mass is 9.89. The summed E-state index contributed by atoms with van der Waals surface area (Å²) >= 11 is 0. The van der Waals surface area contributed by atoms with Gasteiger partial charge in [-0.15, -0.1) is 0 Å². The summed E-state index contributed by atoms with van der Waals surface area (Å²) in [7, 11) is 0. The first-order chi connectivity index (χ1) is 14.0. The van der Waals surface area contributed by atoms with Crippen molar-refractivity contribution in [1.82, 2.24) is 19.9 Å². The van der Waals surface area contributed by atoms with Gasteiger partial charge in [0.15, 0.2) is 0 Å². The van der Waals surface area contributed by atoms with Gasteiger partial charge < -0.3 is 10.6 Å². The normalized spacial score (nSPS) is 17.4. The Morgan fingerprint density at radius 1 is 1.07 bits per heavy atom. The zero-order valence-corrected chi connectivity index (χ0v) is 16.6. The van der Waals surface area contributed by atoms with Gasteiger partial charge in [-0.3, -0.25) is 14.2 Å². The summed E-state index contributed by atoms with van der Waals surface area (Å²) < 4.78 is 1.70. The van der Waals surface area contributed by atoms with Gasteiger partial charge >= 0.3 is 0 Å². The Balaban J connectivity index is 1.68. The number of aromatic nitrogens is 3. The van der Waals surface area contributed by atoms with Gasteiger partial charge in [-0.1, -0.05) is 18.6 Å². The molecule has 2 aromatic heterocycles. The number of pyridine rings is 1. The van der Waals surface area contributed by atoms with Crippen LogP contribution in [-0.2, 0) is 5.66 Å². The molecule has 1 saturated carbocycles. The summed E-state index contributed by atoms with van der Waals surface area (Å²) in [5, 5.41) is 7.24. The Hall–Kier alpha value is -3.22. The molecule has 1 spiro atoms. The number of benzene rings is 1. The molecule has 1 fully saturated rings. The van der Waals surface area contributed by atoms with Gasteiger partial charge in [-0.2, -0.15) is 0 Å². The minimum Gasteiger partial charge on any atom is -0.335 e. The number of rotatable bonds is 2. The van der Waals surface area contributed by atoms with E-state index in [4.69, 9.17) is 0 Å². The third-order valence-corrected chi connectivity index (χ3v) is 6.19. The van der Waals surface area contributed by atoms with Crippen molar-refractivity contribution in [2.75, 3.05) is 5.32 Å². The Morgan fingerprint density at radius 3 is 2.66 bits per heavy atom. The zero-order valence-electron chi connectivity index (χ0n) is 16.6. The van der Waals surface area contributed by atoms with Crippen LogP contribution in [0.3, 0.4) is 0 Å². The molecule has 2 N–H and O–H groups in total. The van der Waals surface area contributed by atoms with Crippen molar-refractivity contribution >= 4 is 28.3 Å². The topological polar surface area (TPSA) is 88.9 Å². The quantitative estimate of drug-likeness (QED) is 0.700. The van der Waals surface area contributed by atoms with E-state index in [1.165, 1.54) is 6.33 Å². The van der Waals surface area contributed by atoms with Gasteiger partial charge in [0.1, 0.15) is 29.2 Å². The third kappa shape index (κ3) is 2.64. The second-order valence-electron chi connectivity index (χ2n) is 8.09. The summed E-state index contributed by atoms with van der Waals surface area (Å²) in [6.45, 7) is 3.87. The van der Waals surface area contributed by atoms with Crippen LogP contribution >= 0.6 is 0 Å². The molecular formula is C22H23N5O2. The van der Waals surface area contributed by atoms with E-state index in [0.717, 1.165) is 54.1 Å². The smallest absolute Gasteiger partial charge is 0.276 e. The molecule has 3 aromatic rings. The number of carbonyl (C=O) groups excluding carboxylic acids is 1. The zero-order chi connectivity index (χ0) is 20.2. The van der Waals surface area contributed by atoms with Gasteiger partial charge in [0.2, 0.25) is 0 Å². The number of carbonyl (C=O) groups is 1. The van der Waals surface area contributed by atoms with E-state index in [0.29, 0.717) is 17.2 Å². The Morgan fingerprint density at radius 2 is 1.86 bits per heavy atom. The Bertz CT molecular complexity index is 1200. The highest BCUT2D eigenvalue weighted by Gasteiger charge is 2.45. The van der Waals surface area contributed by atoms with Crippen LogP contribution in [0.25, 0.3) is 10.9 Å². The summed E-state index contributed by atoms with van der Waals surface area (Å²) in [4.78, 5) is 34.9. The summed E-state index contributed by atoms with van der Waals surface area (Å²) in [6.07, 6.45) is 6.19. The molecule has 0 saturated heterocycles. The van der Waals surface area contributed by atoms with Crippen LogP contribution in [0.15, 0.2) is 35.4 Å². The van der Waals surface area contributed by atoms with E-state index in [2.05, 4.69) is 20.6 Å². The lowest BCUT2D eigenvalue weighted by Gasteiger charge is -2.35. The van der Waals surface area contributed by atoms with E-state index in [1.807, 2.05) is 32.0 Å². The van der Waals surface area contributed by atoms with Crippen molar-refractivity contribution in [1.29, 1.82) is 0 Å². The number of aryl methyl sites for hydroxylation is 2. The standard InChI is InChI=1S/C22H23N5O2/c1-13-7-6-8-15-17(13)19(24-12-23-15)25-16-11-14(2)18-20(28)26-22(27(18)21(16)29)9-4-3-5-10-22/h6-8,11-12H,3-5,9-10H2,1-2H3,(H,26,28)(H,23,24,25). The third-order valence-electron chi connectivity index (χ3n) is 6.19. The van der Waals surface area contributed by atoms with Crippen LogP contribution in [0.1, 0.15) is 53.7 Å². The summed E-state index contributed by atoms with van der Waals surface area (Å²) in [5.41, 5.74) is 2.74. The Labute approximate surface area is 168 Å². The first kappa shape index (κ1) is 17.8. The van der Waals surface area contributed by atoms with Gasteiger partial charge in [0, 0.05) is 5.39 Å². The maximum absolute atomic E-state index is 13.5. The molecule has 1 amide bonds. The summed E-state index contributed by atoms with van der Waals surface area (Å²) in [5.74, 6) is 0.441. The van der Waals surface area contributed by atoms with Gasteiger partial charge in [-0.25, -0.2) is 9.97 Å². The van der Waals surface area contributed by atoms with Gasteiger partial charge in [0.25, 0.3) is 11.5 Å². The van der Waals surface area contributed by atoms with Crippen molar-refractivity contribution in [3.8, 4) is 0 Å². The first-order valence-electron chi connectivity index (χ1n) is 10.1. The number of nitrogens with one attached hydrogen (secondary N) is 2. The first-order valence-corrected chi connectivity index (χ1v) is 10.1. The SMILES string of the molecule is Cc1cc(Nc2ncnc3cccc(C)c23)c(=O)n2c1C(=O)NC21CCCCC1. The highest BCUT2D eigenvalue weighted by Crippen LogP contribution is 2.37. The van der Waals surface area contributed by atoms with E-state index < -0.39 is 5.66 Å². The molecule has 1 aliphatic carbocycles. The number of hydrogen-bond acceptors (Lipinski definition) is 5. The largest absolute Gasteiger partial charge is 0.335 e. The van der Waals surface area contributed by atoms with Crippen molar-refractivity contribution in [3.05, 3.63) is 57.8 Å². The predicted molar refractivity (Wildman–Crippen MR) is 112 cm³/mol. The van der Waals surface area contributed by atoms with Crippen molar-refractivity contribution in [3.63, 3.8) is 0 Å². The van der Waals surface area contributed by atoms with E-state index in [9.17, 15) is 9.59 Å². The number of hydrogen-bond donors (Lipinski definition) is 2. The highest BCUT2D eigenvalue weighted by atomic mass is 16.2. The molecule has 0 radical (unpaired) electrons. The lowest BCUT2D eigenvalue weighted by Crippen LogP contribution is -2.48. The second kappa shape index (κ2) is 6.40. The van der Waals surface area contributed by atoms with Crippen LogP contribution < -0.4 is 16.2 Å². The monoisotopic (exact) mass is 389 g/mol. The van der Waals surface area contributed by atoms with Crippen molar-refractivity contribution < 1.29 is 4.79 Å². The molecule has 1 aliphatic heterocycles. The van der Waals surface area contributed by atoms with E-state index >= 15 is 0 Å². The molecule has 148 valence electrons. The fourth-order valence-electron chi connectivity index (χ4n) is 4.84. The maximum Gasteiger partial charge on any atom is 0.276 e. The minimum atomic E-state index is -0.603. The van der Waals surface area contributed by atoms with Crippen LogP contribution in [0.2, 0.25) is 0 Å². The van der Waals surface area contributed by atoms with Crippen LogP contribution in [0.4, 0.5) is 11.5 Å². The molecule has 0 bridgehead atoms. The maximum atomic E-state index is 13.5. The average Bonchev–Trinajstić information content (AvgIpc) is 2.98. The lowest BCUT2D eigenvalue weighted by molar-refractivity contribution is 0.0876. The summed E-state index contributed by atoms with van der Waals surface area (Å²) in [6, 6.07) is 7.63. The van der Waals surface area contributed by atoms with Gasteiger partial charge in [0.05, 0.1) is 5.52 Å². The molecule has 29 heavy (non-hydrogen) atoms. The number of fused-ring (bicyclic) bond motifs is 3. The molecule has 3 heterocycles. The fraction of sp³-hybridized carbons (Fsp3) is 0.364. The highest BCUT2D eigenvalue weighted by molar-refractivity contribution is 5.97. The van der Waals surface area contributed by atoms with Gasteiger partial charge in [-0.05, 0) is 62.8 Å².